The van der Waals surface area contributed by atoms with E-state index < -0.39 is 5.60 Å². The number of hydrogen-bond acceptors (Lipinski definition) is 6. The molecule has 0 spiro atoms. The van der Waals surface area contributed by atoms with Gasteiger partial charge in [0.05, 0.1) is 13.2 Å². The first-order chi connectivity index (χ1) is 11.5. The molecule has 132 valence electrons. The topological polar surface area (TPSA) is 83.6 Å². The van der Waals surface area contributed by atoms with E-state index in [0.717, 1.165) is 12.8 Å². The van der Waals surface area contributed by atoms with Gasteiger partial charge >= 0.3 is 0 Å². The van der Waals surface area contributed by atoms with Crippen molar-refractivity contribution in [1.82, 2.24) is 15.2 Å². The number of rotatable bonds is 5. The molecular formula is C16H24N4O3S. The number of nitrogens with one attached hydrogen (secondary N) is 2. The van der Waals surface area contributed by atoms with Crippen molar-refractivity contribution >= 4 is 28.3 Å². The number of carbonyl (C=O) groups excluding carboxylic acids is 2. The number of morpholine rings is 1. The number of amides is 2. The van der Waals surface area contributed by atoms with Crippen molar-refractivity contribution < 1.29 is 14.3 Å². The van der Waals surface area contributed by atoms with Gasteiger partial charge in [0.15, 0.2) is 10.7 Å². The molecule has 1 atom stereocenters. The lowest BCUT2D eigenvalue weighted by Gasteiger charge is -2.39. The number of nitrogens with zero attached hydrogens (tertiary/aromatic N) is 2. The van der Waals surface area contributed by atoms with Crippen LogP contribution < -0.4 is 10.6 Å². The summed E-state index contributed by atoms with van der Waals surface area (Å²) in [6.07, 6.45) is 6.08. The van der Waals surface area contributed by atoms with Crippen LogP contribution in [0.4, 0.5) is 5.13 Å². The molecule has 2 N–H and O–H groups in total. The predicted molar refractivity (Wildman–Crippen MR) is 91.9 cm³/mol. The molecule has 1 saturated carbocycles. The fourth-order valence-electron chi connectivity index (χ4n) is 3.28. The molecule has 0 aromatic carbocycles. The molecule has 2 amide bonds. The maximum absolute atomic E-state index is 12.6. The number of hydrogen-bond donors (Lipinski definition) is 2. The minimum absolute atomic E-state index is 0.0700. The summed E-state index contributed by atoms with van der Waals surface area (Å²) in [5, 5.41) is 8.28. The number of carbonyl (C=O) groups is 2. The molecule has 2 fully saturated rings. The van der Waals surface area contributed by atoms with E-state index in [1.54, 1.807) is 6.20 Å². The van der Waals surface area contributed by atoms with E-state index in [9.17, 15) is 9.59 Å². The minimum atomic E-state index is -0.900. The van der Waals surface area contributed by atoms with Crippen molar-refractivity contribution in [2.45, 2.75) is 44.2 Å². The minimum Gasteiger partial charge on any atom is -0.363 e. The Morgan fingerprint density at radius 3 is 2.96 bits per heavy atom. The molecule has 1 aliphatic heterocycles. The molecular weight excluding hydrogens is 328 g/mol. The number of aromatic nitrogens is 1. The van der Waals surface area contributed by atoms with Crippen LogP contribution >= 0.6 is 11.3 Å². The molecule has 7 nitrogen and oxygen atoms in total. The summed E-state index contributed by atoms with van der Waals surface area (Å²) < 4.78 is 5.76. The van der Waals surface area contributed by atoms with E-state index in [1.165, 1.54) is 24.2 Å². The van der Waals surface area contributed by atoms with E-state index in [0.29, 0.717) is 24.8 Å². The summed E-state index contributed by atoms with van der Waals surface area (Å²) in [7, 11) is 0. The average molecular weight is 352 g/mol. The molecule has 2 heterocycles. The maximum atomic E-state index is 12.6. The van der Waals surface area contributed by atoms with Crippen molar-refractivity contribution in [1.29, 1.82) is 0 Å². The van der Waals surface area contributed by atoms with E-state index in [2.05, 4.69) is 15.6 Å². The summed E-state index contributed by atoms with van der Waals surface area (Å²) in [4.78, 5) is 30.7. The summed E-state index contributed by atoms with van der Waals surface area (Å²) >= 11 is 1.39. The zero-order valence-electron chi connectivity index (χ0n) is 13.9. The van der Waals surface area contributed by atoms with Crippen LogP contribution in [0.2, 0.25) is 0 Å². The van der Waals surface area contributed by atoms with E-state index in [-0.39, 0.29) is 24.4 Å². The van der Waals surface area contributed by atoms with Crippen LogP contribution in [0.3, 0.4) is 0 Å². The van der Waals surface area contributed by atoms with Crippen LogP contribution in [-0.2, 0) is 14.3 Å². The van der Waals surface area contributed by atoms with Gasteiger partial charge in [-0.25, -0.2) is 4.98 Å². The first-order valence-corrected chi connectivity index (χ1v) is 9.30. The lowest BCUT2D eigenvalue weighted by molar-refractivity contribution is -0.158. The van der Waals surface area contributed by atoms with Gasteiger partial charge in [0, 0.05) is 30.7 Å². The zero-order valence-corrected chi connectivity index (χ0v) is 14.7. The van der Waals surface area contributed by atoms with Crippen LogP contribution in [0.25, 0.3) is 0 Å². The van der Waals surface area contributed by atoms with Crippen LogP contribution in [-0.4, -0.2) is 59.6 Å². The molecule has 1 aromatic rings. The highest BCUT2D eigenvalue weighted by Gasteiger charge is 2.40. The van der Waals surface area contributed by atoms with Gasteiger partial charge in [0.2, 0.25) is 5.91 Å². The highest BCUT2D eigenvalue weighted by molar-refractivity contribution is 7.13. The van der Waals surface area contributed by atoms with Gasteiger partial charge in [-0.3, -0.25) is 14.5 Å². The molecule has 1 aromatic heterocycles. The molecule has 0 radical (unpaired) electrons. The largest absolute Gasteiger partial charge is 0.363 e. The Labute approximate surface area is 145 Å². The van der Waals surface area contributed by atoms with Gasteiger partial charge in [-0.05, 0) is 19.8 Å². The number of anilines is 1. The Balaban J connectivity index is 1.52. The van der Waals surface area contributed by atoms with Gasteiger partial charge in [-0.2, -0.15) is 0 Å². The van der Waals surface area contributed by atoms with Gasteiger partial charge in [0.1, 0.15) is 0 Å². The molecule has 8 heteroatoms. The summed E-state index contributed by atoms with van der Waals surface area (Å²) in [5.41, 5.74) is -0.900. The van der Waals surface area contributed by atoms with Crippen LogP contribution in [0, 0.1) is 0 Å². The Morgan fingerprint density at radius 2 is 2.25 bits per heavy atom. The maximum Gasteiger partial charge on any atom is 0.253 e. The standard InChI is InChI=1S/C16H24N4O3S/c1-16(14(22)18-12-4-2-3-5-12)11-20(7-8-23-16)10-13(21)19-15-17-6-9-24-15/h6,9,12H,2-5,7-8,10-11H2,1H3,(H,18,22)(H,17,19,21)/t16-/m1/s1. The average Bonchev–Trinajstić information content (AvgIpc) is 3.21. The summed E-state index contributed by atoms with van der Waals surface area (Å²) in [6.45, 7) is 3.53. The molecule has 1 aliphatic carbocycles. The fourth-order valence-corrected chi connectivity index (χ4v) is 3.82. The Kier molecular flexibility index (Phi) is 5.47. The zero-order chi connectivity index (χ0) is 17.0. The second-order valence-corrected chi connectivity index (χ2v) is 7.52. The van der Waals surface area contributed by atoms with Crippen molar-refractivity contribution in [3.63, 3.8) is 0 Å². The van der Waals surface area contributed by atoms with Gasteiger partial charge in [-0.1, -0.05) is 12.8 Å². The third-order valence-corrected chi connectivity index (χ3v) is 5.26. The normalized spacial score (nSPS) is 25.5. The summed E-state index contributed by atoms with van der Waals surface area (Å²) in [6, 6.07) is 0.265. The van der Waals surface area contributed by atoms with Crippen molar-refractivity contribution in [3.8, 4) is 0 Å². The lowest BCUT2D eigenvalue weighted by atomic mass is 10.0. The highest BCUT2D eigenvalue weighted by Crippen LogP contribution is 2.22. The van der Waals surface area contributed by atoms with Gasteiger partial charge in [0.25, 0.3) is 5.91 Å². The van der Waals surface area contributed by atoms with Crippen LogP contribution in [0.5, 0.6) is 0 Å². The highest BCUT2D eigenvalue weighted by atomic mass is 32.1. The van der Waals surface area contributed by atoms with E-state index >= 15 is 0 Å². The fraction of sp³-hybridized carbons (Fsp3) is 0.688. The number of ether oxygens (including phenoxy) is 1. The predicted octanol–water partition coefficient (Wildman–Crippen LogP) is 1.23. The second-order valence-electron chi connectivity index (χ2n) is 6.63. The number of thiazole rings is 1. The van der Waals surface area contributed by atoms with Crippen molar-refractivity contribution in [2.24, 2.45) is 0 Å². The van der Waals surface area contributed by atoms with Crippen molar-refractivity contribution in [3.05, 3.63) is 11.6 Å². The Morgan fingerprint density at radius 1 is 1.46 bits per heavy atom. The lowest BCUT2D eigenvalue weighted by Crippen LogP contribution is -2.60. The quantitative estimate of drug-likeness (QED) is 0.833. The Bertz CT molecular complexity index is 574. The molecule has 24 heavy (non-hydrogen) atoms. The Hall–Kier alpha value is -1.51. The van der Waals surface area contributed by atoms with E-state index in [4.69, 9.17) is 4.74 Å². The molecule has 0 bridgehead atoms. The molecule has 2 aliphatic rings. The SMILES string of the molecule is C[C@]1(C(=O)NC2CCCC2)CN(CC(=O)Nc2nccs2)CCO1. The first kappa shape index (κ1) is 17.3. The molecule has 0 unspecified atom stereocenters. The van der Waals surface area contributed by atoms with Gasteiger partial charge in [-0.15, -0.1) is 11.3 Å². The van der Waals surface area contributed by atoms with E-state index in [1.807, 2.05) is 17.2 Å². The third-order valence-electron chi connectivity index (χ3n) is 4.57. The summed E-state index contributed by atoms with van der Waals surface area (Å²) in [5.74, 6) is -0.190. The first-order valence-electron chi connectivity index (χ1n) is 8.42. The van der Waals surface area contributed by atoms with Gasteiger partial charge < -0.3 is 15.4 Å². The smallest absolute Gasteiger partial charge is 0.253 e. The monoisotopic (exact) mass is 352 g/mol. The van der Waals surface area contributed by atoms with Crippen LogP contribution in [0.15, 0.2) is 11.6 Å². The van der Waals surface area contributed by atoms with Crippen LogP contribution in [0.1, 0.15) is 32.6 Å². The van der Waals surface area contributed by atoms with Crippen molar-refractivity contribution in [2.75, 3.05) is 31.6 Å². The molecule has 3 rings (SSSR count). The second kappa shape index (κ2) is 7.58. The molecule has 1 saturated heterocycles. The third kappa shape index (κ3) is 4.31.